The van der Waals surface area contributed by atoms with Gasteiger partial charge < -0.3 is 10.4 Å². The zero-order valence-corrected chi connectivity index (χ0v) is 13.8. The molecular formula is C14H21N5O2S. The Kier molecular flexibility index (Phi) is 5.15. The number of nitrogens with one attached hydrogen (secondary N) is 2. The highest BCUT2D eigenvalue weighted by atomic mass is 32.1. The fourth-order valence-corrected chi connectivity index (χ4v) is 2.61. The summed E-state index contributed by atoms with van der Waals surface area (Å²) < 4.78 is 1.56. The van der Waals surface area contributed by atoms with Crippen LogP contribution in [0.25, 0.3) is 0 Å². The second-order valence-electron chi connectivity index (χ2n) is 6.18. The molecule has 0 aliphatic carbocycles. The second-order valence-corrected chi connectivity index (χ2v) is 7.03. The van der Waals surface area contributed by atoms with Gasteiger partial charge in [0.25, 0.3) is 0 Å². The highest BCUT2D eigenvalue weighted by Gasteiger charge is 2.14. The summed E-state index contributed by atoms with van der Waals surface area (Å²) in [6.07, 6.45) is 4.05. The molecule has 0 spiro atoms. The summed E-state index contributed by atoms with van der Waals surface area (Å²) in [6.45, 7) is 6.84. The summed E-state index contributed by atoms with van der Waals surface area (Å²) in [7, 11) is 0. The van der Waals surface area contributed by atoms with E-state index < -0.39 is 0 Å². The standard InChI is InChI=1S/C14H21N5O2S/c1-14(2,3)6-10-9-22-13(17-10)18-12(21)16-11-7-15-19(8-11)4-5-20/h7-9,20H,4-6H2,1-3H3,(H2,16,17,18,21). The predicted octanol–water partition coefficient (Wildman–Crippen LogP) is 2.56. The van der Waals surface area contributed by atoms with Gasteiger partial charge in [-0.15, -0.1) is 11.3 Å². The molecule has 8 heteroatoms. The van der Waals surface area contributed by atoms with Crippen LogP contribution in [0.5, 0.6) is 0 Å². The molecule has 2 aromatic rings. The van der Waals surface area contributed by atoms with Crippen molar-refractivity contribution in [2.24, 2.45) is 5.41 Å². The maximum absolute atomic E-state index is 11.9. The second kappa shape index (κ2) is 6.89. The molecule has 0 aliphatic rings. The van der Waals surface area contributed by atoms with E-state index in [1.807, 2.05) is 5.38 Å². The Morgan fingerprint density at radius 3 is 2.86 bits per heavy atom. The zero-order valence-electron chi connectivity index (χ0n) is 13.0. The Bertz CT molecular complexity index is 629. The third kappa shape index (κ3) is 5.12. The first-order chi connectivity index (χ1) is 10.4. The number of hydrogen-bond acceptors (Lipinski definition) is 5. The molecule has 2 aromatic heterocycles. The van der Waals surface area contributed by atoms with Crippen molar-refractivity contribution in [3.8, 4) is 0 Å². The molecule has 22 heavy (non-hydrogen) atoms. The minimum absolute atomic E-state index is 0.00296. The molecule has 0 saturated heterocycles. The number of aliphatic hydroxyl groups is 1. The van der Waals surface area contributed by atoms with E-state index in [1.165, 1.54) is 17.5 Å². The molecule has 3 N–H and O–H groups in total. The van der Waals surface area contributed by atoms with Gasteiger partial charge in [0.1, 0.15) is 0 Å². The fraction of sp³-hybridized carbons (Fsp3) is 0.500. The van der Waals surface area contributed by atoms with Crippen LogP contribution in [0, 0.1) is 5.41 Å². The van der Waals surface area contributed by atoms with E-state index in [-0.39, 0.29) is 18.1 Å². The fourth-order valence-electron chi connectivity index (χ4n) is 1.90. The molecule has 0 atom stereocenters. The van der Waals surface area contributed by atoms with E-state index in [1.54, 1.807) is 10.9 Å². The van der Waals surface area contributed by atoms with Crippen molar-refractivity contribution in [1.82, 2.24) is 14.8 Å². The average molecular weight is 323 g/mol. The highest BCUT2D eigenvalue weighted by Crippen LogP contribution is 2.24. The molecule has 2 rings (SSSR count). The number of carbonyl (C=O) groups excluding carboxylic acids is 1. The molecule has 0 radical (unpaired) electrons. The van der Waals surface area contributed by atoms with Crippen LogP contribution >= 0.6 is 11.3 Å². The lowest BCUT2D eigenvalue weighted by Gasteiger charge is -2.15. The quantitative estimate of drug-likeness (QED) is 0.788. The van der Waals surface area contributed by atoms with Gasteiger partial charge in [-0.05, 0) is 11.8 Å². The lowest BCUT2D eigenvalue weighted by Crippen LogP contribution is -2.19. The van der Waals surface area contributed by atoms with Gasteiger partial charge in [0, 0.05) is 11.6 Å². The Balaban J connectivity index is 1.88. The third-order valence-corrected chi connectivity index (χ3v) is 3.51. The van der Waals surface area contributed by atoms with E-state index in [9.17, 15) is 4.79 Å². The Hall–Kier alpha value is -1.93. The molecule has 0 saturated carbocycles. The van der Waals surface area contributed by atoms with Crippen molar-refractivity contribution in [2.75, 3.05) is 17.2 Å². The molecule has 2 heterocycles. The van der Waals surface area contributed by atoms with Crippen LogP contribution < -0.4 is 10.6 Å². The van der Waals surface area contributed by atoms with E-state index >= 15 is 0 Å². The van der Waals surface area contributed by atoms with E-state index in [0.717, 1.165) is 12.1 Å². The first-order valence-corrected chi connectivity index (χ1v) is 7.89. The van der Waals surface area contributed by atoms with Crippen molar-refractivity contribution in [1.29, 1.82) is 0 Å². The summed E-state index contributed by atoms with van der Waals surface area (Å²) >= 11 is 1.41. The summed E-state index contributed by atoms with van der Waals surface area (Å²) in [5.74, 6) is 0. The van der Waals surface area contributed by atoms with E-state index in [2.05, 4.69) is 41.5 Å². The number of aliphatic hydroxyl groups excluding tert-OH is 1. The summed E-state index contributed by atoms with van der Waals surface area (Å²) in [5, 5.41) is 20.7. The topological polar surface area (TPSA) is 92.1 Å². The van der Waals surface area contributed by atoms with Gasteiger partial charge in [-0.3, -0.25) is 10.00 Å². The van der Waals surface area contributed by atoms with Crippen LogP contribution in [0.15, 0.2) is 17.8 Å². The van der Waals surface area contributed by atoms with Crippen molar-refractivity contribution in [3.63, 3.8) is 0 Å². The zero-order chi connectivity index (χ0) is 16.2. The van der Waals surface area contributed by atoms with Crippen molar-refractivity contribution in [3.05, 3.63) is 23.5 Å². The maximum atomic E-state index is 11.9. The number of amides is 2. The van der Waals surface area contributed by atoms with Gasteiger partial charge in [0.2, 0.25) is 0 Å². The van der Waals surface area contributed by atoms with Crippen LogP contribution in [-0.2, 0) is 13.0 Å². The first kappa shape index (κ1) is 16.4. The van der Waals surface area contributed by atoms with Gasteiger partial charge in [-0.25, -0.2) is 9.78 Å². The third-order valence-electron chi connectivity index (χ3n) is 2.70. The molecule has 7 nitrogen and oxygen atoms in total. The van der Waals surface area contributed by atoms with E-state index in [4.69, 9.17) is 5.11 Å². The van der Waals surface area contributed by atoms with Crippen molar-refractivity contribution in [2.45, 2.75) is 33.7 Å². The smallest absolute Gasteiger partial charge is 0.325 e. The number of urea groups is 1. The molecule has 0 bridgehead atoms. The number of anilines is 2. The summed E-state index contributed by atoms with van der Waals surface area (Å²) in [6, 6.07) is -0.361. The Morgan fingerprint density at radius 2 is 2.18 bits per heavy atom. The number of hydrogen-bond donors (Lipinski definition) is 3. The minimum atomic E-state index is -0.361. The van der Waals surface area contributed by atoms with Gasteiger partial charge in [0.15, 0.2) is 5.13 Å². The lowest BCUT2D eigenvalue weighted by molar-refractivity contribution is 0.262. The van der Waals surface area contributed by atoms with Gasteiger partial charge in [0.05, 0.1) is 30.7 Å². The maximum Gasteiger partial charge on any atom is 0.325 e. The summed E-state index contributed by atoms with van der Waals surface area (Å²) in [4.78, 5) is 16.3. The first-order valence-electron chi connectivity index (χ1n) is 7.01. The van der Waals surface area contributed by atoms with Crippen LogP contribution in [0.3, 0.4) is 0 Å². The molecular weight excluding hydrogens is 302 g/mol. The molecule has 0 fully saturated rings. The van der Waals surface area contributed by atoms with Gasteiger partial charge >= 0.3 is 6.03 Å². The normalized spacial score (nSPS) is 11.5. The number of rotatable bonds is 5. The number of carbonyl (C=O) groups is 1. The molecule has 2 amide bonds. The van der Waals surface area contributed by atoms with Crippen LogP contribution in [0.1, 0.15) is 26.5 Å². The number of thiazole rings is 1. The monoisotopic (exact) mass is 323 g/mol. The Labute approximate surface area is 133 Å². The van der Waals surface area contributed by atoms with E-state index in [0.29, 0.717) is 17.4 Å². The lowest BCUT2D eigenvalue weighted by atomic mass is 9.91. The van der Waals surface area contributed by atoms with Gasteiger partial charge in [-0.1, -0.05) is 20.8 Å². The molecule has 0 aliphatic heterocycles. The predicted molar refractivity (Wildman–Crippen MR) is 87.2 cm³/mol. The molecule has 0 unspecified atom stereocenters. The minimum Gasteiger partial charge on any atom is -0.394 e. The highest BCUT2D eigenvalue weighted by molar-refractivity contribution is 7.13. The Morgan fingerprint density at radius 1 is 1.41 bits per heavy atom. The van der Waals surface area contributed by atoms with Crippen LogP contribution in [0.4, 0.5) is 15.6 Å². The van der Waals surface area contributed by atoms with Crippen LogP contribution in [0.2, 0.25) is 0 Å². The summed E-state index contributed by atoms with van der Waals surface area (Å²) in [5.41, 5.74) is 1.70. The van der Waals surface area contributed by atoms with Crippen molar-refractivity contribution >= 4 is 28.2 Å². The molecule has 0 aromatic carbocycles. The number of aromatic nitrogens is 3. The largest absolute Gasteiger partial charge is 0.394 e. The molecule has 120 valence electrons. The average Bonchev–Trinajstić information content (AvgIpc) is 2.98. The van der Waals surface area contributed by atoms with Crippen molar-refractivity contribution < 1.29 is 9.90 Å². The van der Waals surface area contributed by atoms with Gasteiger partial charge in [-0.2, -0.15) is 5.10 Å². The van der Waals surface area contributed by atoms with Crippen LogP contribution in [-0.4, -0.2) is 32.5 Å². The number of nitrogens with zero attached hydrogens (tertiary/aromatic N) is 3. The SMILES string of the molecule is CC(C)(C)Cc1csc(NC(=O)Nc2cnn(CCO)c2)n1.